The fraction of sp³-hybridized carbons (Fsp3) is 0.400. The van der Waals surface area contributed by atoms with Crippen molar-refractivity contribution in [1.82, 2.24) is 0 Å². The molecule has 1 aromatic heterocycles. The molecule has 1 aromatic carbocycles. The Kier molecular flexibility index (Phi) is 5.93. The van der Waals surface area contributed by atoms with Gasteiger partial charge in [-0.05, 0) is 75.4 Å². The predicted molar refractivity (Wildman–Crippen MR) is 102 cm³/mol. The molecule has 138 valence electrons. The number of hydrogen-bond acceptors (Lipinski definition) is 5. The van der Waals surface area contributed by atoms with Crippen molar-refractivity contribution in [2.75, 3.05) is 11.9 Å². The van der Waals surface area contributed by atoms with Crippen LogP contribution in [-0.2, 0) is 22.4 Å². The number of hydrogen-bond donors (Lipinski definition) is 1. The molecule has 3 rings (SSSR count). The van der Waals surface area contributed by atoms with E-state index >= 15 is 0 Å². The molecular weight excluding hydrogens is 350 g/mol. The summed E-state index contributed by atoms with van der Waals surface area (Å²) in [4.78, 5) is 26.5. The van der Waals surface area contributed by atoms with Crippen LogP contribution in [0.2, 0.25) is 0 Å². The van der Waals surface area contributed by atoms with Gasteiger partial charge in [-0.3, -0.25) is 4.79 Å². The normalized spacial score (nSPS) is 14.2. The summed E-state index contributed by atoms with van der Waals surface area (Å²) in [5.41, 5.74) is 1.88. The smallest absolute Gasteiger partial charge is 0.349 e. The van der Waals surface area contributed by atoms with Gasteiger partial charge in [0.2, 0.25) is 0 Å². The van der Waals surface area contributed by atoms with E-state index in [9.17, 15) is 9.59 Å². The Morgan fingerprint density at radius 2 is 1.92 bits per heavy atom. The molecule has 0 fully saturated rings. The van der Waals surface area contributed by atoms with Crippen LogP contribution in [0.3, 0.4) is 0 Å². The molecule has 1 amide bonds. The molecule has 1 heterocycles. The van der Waals surface area contributed by atoms with Gasteiger partial charge in [-0.2, -0.15) is 0 Å². The summed E-state index contributed by atoms with van der Waals surface area (Å²) in [7, 11) is 0. The van der Waals surface area contributed by atoms with Crippen molar-refractivity contribution in [3.8, 4) is 5.75 Å². The Bertz CT molecular complexity index is 758. The van der Waals surface area contributed by atoms with E-state index in [1.165, 1.54) is 34.6 Å². The number of esters is 1. The summed E-state index contributed by atoms with van der Waals surface area (Å²) in [6, 6.07) is 8.99. The molecule has 0 saturated heterocycles. The number of ether oxygens (including phenoxy) is 2. The number of anilines is 1. The molecule has 6 heteroatoms. The molecule has 1 N–H and O–H groups in total. The number of benzene rings is 1. The third-order valence-electron chi connectivity index (χ3n) is 4.28. The minimum absolute atomic E-state index is 0.358. The van der Waals surface area contributed by atoms with Crippen LogP contribution >= 0.6 is 11.3 Å². The van der Waals surface area contributed by atoms with Gasteiger partial charge < -0.3 is 14.8 Å². The van der Waals surface area contributed by atoms with Gasteiger partial charge in [0.1, 0.15) is 10.6 Å². The Hall–Kier alpha value is -2.34. The Morgan fingerprint density at radius 3 is 2.62 bits per heavy atom. The van der Waals surface area contributed by atoms with Crippen molar-refractivity contribution >= 4 is 28.9 Å². The van der Waals surface area contributed by atoms with Gasteiger partial charge in [-0.1, -0.05) is 0 Å². The number of fused-ring (bicyclic) bond motifs is 1. The van der Waals surface area contributed by atoms with E-state index in [-0.39, 0.29) is 5.91 Å². The lowest BCUT2D eigenvalue weighted by atomic mass is 9.99. The molecule has 5 nitrogen and oxygen atoms in total. The zero-order chi connectivity index (χ0) is 18.5. The number of thiophene rings is 1. The fourth-order valence-corrected chi connectivity index (χ4v) is 4.05. The number of rotatable bonds is 6. The van der Waals surface area contributed by atoms with Crippen LogP contribution in [0.25, 0.3) is 0 Å². The van der Waals surface area contributed by atoms with E-state index in [0.29, 0.717) is 17.2 Å². The van der Waals surface area contributed by atoms with Crippen LogP contribution < -0.4 is 10.1 Å². The second-order valence-electron chi connectivity index (χ2n) is 6.26. The summed E-state index contributed by atoms with van der Waals surface area (Å²) in [6.07, 6.45) is 3.52. The summed E-state index contributed by atoms with van der Waals surface area (Å²) >= 11 is 1.49. The monoisotopic (exact) mass is 373 g/mol. The average Bonchev–Trinajstić information content (AvgIpc) is 3.08. The highest BCUT2D eigenvalue weighted by molar-refractivity contribution is 7.14. The molecule has 2 aromatic rings. The zero-order valence-corrected chi connectivity index (χ0v) is 15.9. The van der Waals surface area contributed by atoms with Gasteiger partial charge in [0.15, 0.2) is 6.10 Å². The third kappa shape index (κ3) is 4.43. The molecule has 26 heavy (non-hydrogen) atoms. The molecule has 0 spiro atoms. The minimum atomic E-state index is -0.867. The van der Waals surface area contributed by atoms with Crippen molar-refractivity contribution in [2.24, 2.45) is 0 Å². The van der Waals surface area contributed by atoms with Crippen LogP contribution in [0.15, 0.2) is 30.3 Å². The predicted octanol–water partition coefficient (Wildman–Crippen LogP) is 4.21. The van der Waals surface area contributed by atoms with Crippen molar-refractivity contribution < 1.29 is 19.1 Å². The number of amides is 1. The fourth-order valence-electron chi connectivity index (χ4n) is 2.91. The van der Waals surface area contributed by atoms with Crippen molar-refractivity contribution in [3.05, 3.63) is 45.6 Å². The largest absolute Gasteiger partial charge is 0.494 e. The molecule has 0 bridgehead atoms. The highest BCUT2D eigenvalue weighted by atomic mass is 32.1. The molecule has 0 aliphatic heterocycles. The quantitative estimate of drug-likeness (QED) is 0.771. The highest BCUT2D eigenvalue weighted by Crippen LogP contribution is 2.30. The van der Waals surface area contributed by atoms with E-state index in [0.717, 1.165) is 18.6 Å². The van der Waals surface area contributed by atoms with E-state index in [2.05, 4.69) is 5.32 Å². The lowest BCUT2D eigenvalue weighted by Gasteiger charge is -2.13. The molecule has 0 unspecified atom stereocenters. The number of nitrogens with one attached hydrogen (secondary N) is 1. The van der Waals surface area contributed by atoms with Crippen molar-refractivity contribution in [3.63, 3.8) is 0 Å². The van der Waals surface area contributed by atoms with Crippen LogP contribution in [0.1, 0.15) is 46.8 Å². The zero-order valence-electron chi connectivity index (χ0n) is 15.0. The van der Waals surface area contributed by atoms with Gasteiger partial charge in [0.05, 0.1) is 6.61 Å². The summed E-state index contributed by atoms with van der Waals surface area (Å²) in [5, 5.41) is 2.75. The summed E-state index contributed by atoms with van der Waals surface area (Å²) in [6.45, 7) is 4.08. The molecular formula is C20H23NO4S. The van der Waals surface area contributed by atoms with Gasteiger partial charge in [-0.15, -0.1) is 11.3 Å². The van der Waals surface area contributed by atoms with Gasteiger partial charge >= 0.3 is 5.97 Å². The average molecular weight is 373 g/mol. The van der Waals surface area contributed by atoms with Crippen LogP contribution in [0, 0.1) is 0 Å². The summed E-state index contributed by atoms with van der Waals surface area (Å²) < 4.78 is 10.7. The first kappa shape index (κ1) is 18.5. The molecule has 0 saturated carbocycles. The number of aryl methyl sites for hydroxylation is 2. The number of carbonyl (C=O) groups excluding carboxylic acids is 2. The first-order chi connectivity index (χ1) is 12.6. The standard InChI is InChI=1S/C20H23NO4S/c1-3-24-16-10-8-15(9-11-16)21-19(22)13(2)25-20(23)18-12-14-6-4-5-7-17(14)26-18/h8-13H,3-7H2,1-2H3,(H,21,22)/t13-/m0/s1. The SMILES string of the molecule is CCOc1ccc(NC(=O)[C@H](C)OC(=O)c2cc3c(s2)CCCC3)cc1. The Morgan fingerprint density at radius 1 is 1.19 bits per heavy atom. The molecule has 1 aliphatic rings. The topological polar surface area (TPSA) is 64.6 Å². The second kappa shape index (κ2) is 8.36. The maximum Gasteiger partial charge on any atom is 0.349 e. The van der Waals surface area contributed by atoms with Gasteiger partial charge in [0, 0.05) is 10.6 Å². The van der Waals surface area contributed by atoms with Gasteiger partial charge in [0.25, 0.3) is 5.91 Å². The van der Waals surface area contributed by atoms with Crippen molar-refractivity contribution in [2.45, 2.75) is 45.6 Å². The highest BCUT2D eigenvalue weighted by Gasteiger charge is 2.22. The van der Waals surface area contributed by atoms with Crippen LogP contribution in [-0.4, -0.2) is 24.6 Å². The van der Waals surface area contributed by atoms with E-state index in [1.54, 1.807) is 31.2 Å². The first-order valence-corrected chi connectivity index (χ1v) is 9.74. The van der Waals surface area contributed by atoms with Crippen LogP contribution in [0.4, 0.5) is 5.69 Å². The molecule has 1 atom stereocenters. The van der Waals surface area contributed by atoms with Crippen LogP contribution in [0.5, 0.6) is 5.75 Å². The number of carbonyl (C=O) groups is 2. The molecule has 1 aliphatic carbocycles. The van der Waals surface area contributed by atoms with Gasteiger partial charge in [-0.25, -0.2) is 4.79 Å². The lowest BCUT2D eigenvalue weighted by Crippen LogP contribution is -2.29. The summed E-state index contributed by atoms with van der Waals surface area (Å²) in [5.74, 6) is -0.0470. The van der Waals surface area contributed by atoms with E-state index in [4.69, 9.17) is 9.47 Å². The Balaban J connectivity index is 1.56. The molecule has 0 radical (unpaired) electrons. The Labute approximate surface area is 157 Å². The third-order valence-corrected chi connectivity index (χ3v) is 5.50. The maximum atomic E-state index is 12.3. The van der Waals surface area contributed by atoms with Crippen molar-refractivity contribution in [1.29, 1.82) is 0 Å². The maximum absolute atomic E-state index is 12.3. The van der Waals surface area contributed by atoms with E-state index < -0.39 is 12.1 Å². The second-order valence-corrected chi connectivity index (χ2v) is 7.40. The van der Waals surface area contributed by atoms with E-state index in [1.807, 2.05) is 13.0 Å². The lowest BCUT2D eigenvalue weighted by molar-refractivity contribution is -0.123. The first-order valence-electron chi connectivity index (χ1n) is 8.93. The minimum Gasteiger partial charge on any atom is -0.494 e.